The van der Waals surface area contributed by atoms with Gasteiger partial charge in [0.2, 0.25) is 0 Å². The van der Waals surface area contributed by atoms with Gasteiger partial charge in [-0.05, 0) is 54.6 Å². The van der Waals surface area contributed by atoms with Crippen molar-refractivity contribution in [1.82, 2.24) is 5.32 Å². The summed E-state index contributed by atoms with van der Waals surface area (Å²) in [6, 6.07) is 11.4. The van der Waals surface area contributed by atoms with Gasteiger partial charge in [0.05, 0.1) is 17.7 Å². The van der Waals surface area contributed by atoms with Crippen LogP contribution in [0.5, 0.6) is 11.5 Å². The Morgan fingerprint density at radius 1 is 1.36 bits per heavy atom. The molecule has 0 aromatic heterocycles. The maximum Gasteiger partial charge on any atom is 0.264 e. The number of carbonyl (C=O) groups is 1. The predicted octanol–water partition coefficient (Wildman–Crippen LogP) is 4.67. The summed E-state index contributed by atoms with van der Waals surface area (Å²) in [6.45, 7) is 2.08. The highest BCUT2D eigenvalue weighted by atomic mass is 79.9. The number of amides is 1. The first kappa shape index (κ1) is 20.1. The topological polar surface area (TPSA) is 59.9 Å². The number of ether oxygens (including phenoxy) is 2. The standard InChI is InChI=1S/C21H17BrN2O3S/c1-4-8-27-19-14(10-15(22)12-17(19)26-3)11-18-20(25)24-21(28-18)23-16-7-5-6-13(2)9-16/h1,5-7,9-12H,8H2,2-3H3,(H,23,24,25)/b18-11-. The number of aryl methyl sites for hydroxylation is 1. The van der Waals surface area contributed by atoms with Crippen molar-refractivity contribution in [1.29, 1.82) is 0 Å². The van der Waals surface area contributed by atoms with Crippen molar-refractivity contribution in [3.05, 3.63) is 56.9 Å². The second-order valence-electron chi connectivity index (χ2n) is 5.84. The fraction of sp³-hybridized carbons (Fsp3) is 0.143. The predicted molar refractivity (Wildman–Crippen MR) is 117 cm³/mol. The Balaban J connectivity index is 1.94. The molecule has 0 unspecified atom stereocenters. The van der Waals surface area contributed by atoms with Crippen molar-refractivity contribution < 1.29 is 14.3 Å². The Hall–Kier alpha value is -2.69. The molecule has 1 aliphatic heterocycles. The minimum atomic E-state index is -0.224. The number of nitrogens with zero attached hydrogens (tertiary/aromatic N) is 1. The van der Waals surface area contributed by atoms with Crippen molar-refractivity contribution in [3.8, 4) is 23.8 Å². The summed E-state index contributed by atoms with van der Waals surface area (Å²) in [5.74, 6) is 3.21. The molecule has 1 amide bonds. The molecule has 7 heteroatoms. The zero-order chi connectivity index (χ0) is 20.1. The number of hydrogen-bond donors (Lipinski definition) is 1. The van der Waals surface area contributed by atoms with Crippen LogP contribution in [0.2, 0.25) is 0 Å². The van der Waals surface area contributed by atoms with Gasteiger partial charge in [0.15, 0.2) is 16.7 Å². The molecule has 1 heterocycles. The van der Waals surface area contributed by atoms with Crippen molar-refractivity contribution in [2.75, 3.05) is 13.7 Å². The van der Waals surface area contributed by atoms with Gasteiger partial charge >= 0.3 is 0 Å². The minimum Gasteiger partial charge on any atom is -0.493 e. The molecule has 1 N–H and O–H groups in total. The molecule has 1 saturated heterocycles. The zero-order valence-corrected chi connectivity index (χ0v) is 17.7. The number of rotatable bonds is 5. The van der Waals surface area contributed by atoms with E-state index in [-0.39, 0.29) is 12.5 Å². The quantitative estimate of drug-likeness (QED) is 0.524. The van der Waals surface area contributed by atoms with Crippen LogP contribution in [0.4, 0.5) is 5.69 Å². The maximum atomic E-state index is 12.4. The number of methoxy groups -OCH3 is 1. The Labute approximate surface area is 176 Å². The lowest BCUT2D eigenvalue weighted by Gasteiger charge is -2.12. The van der Waals surface area contributed by atoms with E-state index in [0.717, 1.165) is 15.7 Å². The lowest BCUT2D eigenvalue weighted by atomic mass is 10.1. The van der Waals surface area contributed by atoms with Crippen LogP contribution in [-0.2, 0) is 4.79 Å². The number of amidine groups is 1. The molecule has 2 aromatic carbocycles. The third-order valence-corrected chi connectivity index (χ3v) is 5.11. The second-order valence-corrected chi connectivity index (χ2v) is 7.79. The van der Waals surface area contributed by atoms with Gasteiger partial charge in [0, 0.05) is 10.0 Å². The molecule has 0 spiro atoms. The largest absolute Gasteiger partial charge is 0.493 e. The molecule has 0 radical (unpaired) electrons. The summed E-state index contributed by atoms with van der Waals surface area (Å²) in [6.07, 6.45) is 7.05. The van der Waals surface area contributed by atoms with Gasteiger partial charge in [-0.15, -0.1) is 6.42 Å². The van der Waals surface area contributed by atoms with E-state index in [1.807, 2.05) is 37.3 Å². The van der Waals surface area contributed by atoms with Crippen LogP contribution < -0.4 is 14.8 Å². The van der Waals surface area contributed by atoms with Crippen molar-refractivity contribution in [2.45, 2.75) is 6.92 Å². The van der Waals surface area contributed by atoms with E-state index in [2.05, 4.69) is 32.2 Å². The first-order valence-corrected chi connectivity index (χ1v) is 9.91. The molecule has 0 bridgehead atoms. The first-order valence-electron chi connectivity index (χ1n) is 8.30. The van der Waals surface area contributed by atoms with E-state index in [0.29, 0.717) is 27.1 Å². The third kappa shape index (κ3) is 4.77. The number of thioether (sulfide) groups is 1. The number of terminal acetylenes is 1. The van der Waals surface area contributed by atoms with Crippen LogP contribution in [0.3, 0.4) is 0 Å². The highest BCUT2D eigenvalue weighted by Gasteiger charge is 2.25. The smallest absolute Gasteiger partial charge is 0.264 e. The number of carbonyl (C=O) groups excluding carboxylic acids is 1. The van der Waals surface area contributed by atoms with Crippen LogP contribution in [0.15, 0.2) is 50.8 Å². The lowest BCUT2D eigenvalue weighted by Crippen LogP contribution is -2.19. The first-order chi connectivity index (χ1) is 13.5. The van der Waals surface area contributed by atoms with Crippen molar-refractivity contribution in [2.24, 2.45) is 4.99 Å². The zero-order valence-electron chi connectivity index (χ0n) is 15.3. The Morgan fingerprint density at radius 2 is 2.18 bits per heavy atom. The molecule has 0 aliphatic carbocycles. The van der Waals surface area contributed by atoms with Gasteiger partial charge in [0.25, 0.3) is 5.91 Å². The summed E-state index contributed by atoms with van der Waals surface area (Å²) >= 11 is 4.71. The third-order valence-electron chi connectivity index (χ3n) is 3.74. The molecule has 5 nitrogen and oxygen atoms in total. The summed E-state index contributed by atoms with van der Waals surface area (Å²) in [5.41, 5.74) is 2.56. The number of benzene rings is 2. The molecule has 2 aromatic rings. The van der Waals surface area contributed by atoms with Crippen LogP contribution in [0.25, 0.3) is 6.08 Å². The van der Waals surface area contributed by atoms with Gasteiger partial charge in [0.1, 0.15) is 6.61 Å². The van der Waals surface area contributed by atoms with E-state index >= 15 is 0 Å². The number of nitrogens with one attached hydrogen (secondary N) is 1. The molecule has 0 saturated carbocycles. The lowest BCUT2D eigenvalue weighted by molar-refractivity contribution is -0.115. The van der Waals surface area contributed by atoms with E-state index in [1.54, 1.807) is 19.3 Å². The number of aliphatic imine (C=N–C) groups is 1. The summed E-state index contributed by atoms with van der Waals surface area (Å²) < 4.78 is 11.8. The molecule has 1 aliphatic rings. The molecule has 3 rings (SSSR count). The monoisotopic (exact) mass is 456 g/mol. The Kier molecular flexibility index (Phi) is 6.45. The van der Waals surface area contributed by atoms with Gasteiger partial charge in [-0.25, -0.2) is 4.99 Å². The fourth-order valence-electron chi connectivity index (χ4n) is 2.55. The molecule has 142 valence electrons. The van der Waals surface area contributed by atoms with Crippen molar-refractivity contribution >= 4 is 50.5 Å². The summed E-state index contributed by atoms with van der Waals surface area (Å²) in [5, 5.41) is 3.31. The Morgan fingerprint density at radius 3 is 2.89 bits per heavy atom. The Bertz CT molecular complexity index is 1020. The van der Waals surface area contributed by atoms with Gasteiger partial charge in [-0.2, -0.15) is 0 Å². The van der Waals surface area contributed by atoms with Crippen LogP contribution in [0.1, 0.15) is 11.1 Å². The number of hydrogen-bond acceptors (Lipinski definition) is 5. The van der Waals surface area contributed by atoms with Gasteiger partial charge in [-0.3, -0.25) is 4.79 Å². The molecular formula is C21H17BrN2O3S. The average molecular weight is 457 g/mol. The molecule has 1 fully saturated rings. The van der Waals surface area contributed by atoms with E-state index in [1.165, 1.54) is 11.8 Å². The fourth-order valence-corrected chi connectivity index (χ4v) is 3.84. The maximum absolute atomic E-state index is 12.4. The van der Waals surface area contributed by atoms with Crippen molar-refractivity contribution in [3.63, 3.8) is 0 Å². The molecule has 28 heavy (non-hydrogen) atoms. The van der Waals surface area contributed by atoms with Gasteiger partial charge in [-0.1, -0.05) is 34.0 Å². The SMILES string of the molecule is C#CCOc1c(/C=C2\SC(=Nc3cccc(C)c3)NC2=O)cc(Br)cc1OC. The molecule has 0 atom stereocenters. The van der Waals surface area contributed by atoms with Crippen LogP contribution in [-0.4, -0.2) is 24.8 Å². The summed E-state index contributed by atoms with van der Waals surface area (Å²) in [7, 11) is 1.55. The number of halogens is 1. The molecular weight excluding hydrogens is 440 g/mol. The van der Waals surface area contributed by atoms with E-state index in [4.69, 9.17) is 15.9 Å². The van der Waals surface area contributed by atoms with E-state index < -0.39 is 0 Å². The van der Waals surface area contributed by atoms with Gasteiger partial charge < -0.3 is 14.8 Å². The van der Waals surface area contributed by atoms with Crippen LogP contribution >= 0.6 is 27.7 Å². The second kappa shape index (κ2) is 9.00. The highest BCUT2D eigenvalue weighted by Crippen LogP contribution is 2.38. The van der Waals surface area contributed by atoms with E-state index in [9.17, 15) is 4.79 Å². The average Bonchev–Trinajstić information content (AvgIpc) is 2.99. The van der Waals surface area contributed by atoms with Crippen LogP contribution in [0, 0.1) is 19.3 Å². The minimum absolute atomic E-state index is 0.0908. The normalized spacial score (nSPS) is 16.1. The summed E-state index contributed by atoms with van der Waals surface area (Å²) in [4.78, 5) is 17.4. The highest BCUT2D eigenvalue weighted by molar-refractivity contribution is 9.10.